The third kappa shape index (κ3) is 1.21. The molecule has 3 rings (SSSR count). The molecule has 2 heterocycles. The third-order valence-electron chi connectivity index (χ3n) is 2.72. The third-order valence-corrected chi connectivity index (χ3v) is 2.72. The molecule has 1 N–H and O–H groups in total. The smallest absolute Gasteiger partial charge is 0.112 e. The summed E-state index contributed by atoms with van der Waals surface area (Å²) in [6.07, 6.45) is 1.08. The molecule has 1 aromatic heterocycles. The number of ether oxygens (including phenoxy) is 1. The van der Waals surface area contributed by atoms with E-state index in [1.54, 1.807) is 0 Å². The van der Waals surface area contributed by atoms with Crippen LogP contribution in [-0.2, 0) is 4.74 Å². The van der Waals surface area contributed by atoms with Crippen molar-refractivity contribution in [2.45, 2.75) is 12.3 Å². The number of nitrogens with zero attached hydrogens (tertiary/aromatic N) is 1. The molecular weight excluding hydrogens is 176 g/mol. The highest BCUT2D eigenvalue weighted by Gasteiger charge is 2.20. The summed E-state index contributed by atoms with van der Waals surface area (Å²) in [5, 5.41) is 0. The van der Waals surface area contributed by atoms with Gasteiger partial charge in [-0.25, -0.2) is 4.98 Å². The van der Waals surface area contributed by atoms with Gasteiger partial charge in [0.1, 0.15) is 5.82 Å². The van der Waals surface area contributed by atoms with Gasteiger partial charge in [0.25, 0.3) is 0 Å². The molecule has 0 bridgehead atoms. The molecule has 1 aromatic carbocycles. The summed E-state index contributed by atoms with van der Waals surface area (Å²) in [6, 6.07) is 8.13. The molecule has 2 aromatic rings. The Morgan fingerprint density at radius 2 is 2.29 bits per heavy atom. The first-order chi connectivity index (χ1) is 6.93. The first-order valence-electron chi connectivity index (χ1n) is 4.96. The van der Waals surface area contributed by atoms with E-state index in [9.17, 15) is 0 Å². The van der Waals surface area contributed by atoms with Crippen molar-refractivity contribution < 1.29 is 4.74 Å². The highest BCUT2D eigenvalue weighted by Crippen LogP contribution is 2.24. The van der Waals surface area contributed by atoms with Crippen LogP contribution in [0.15, 0.2) is 24.3 Å². The van der Waals surface area contributed by atoms with E-state index in [1.165, 1.54) is 0 Å². The van der Waals surface area contributed by atoms with Crippen LogP contribution < -0.4 is 0 Å². The molecule has 1 unspecified atom stereocenters. The van der Waals surface area contributed by atoms with Crippen LogP contribution in [0, 0.1) is 0 Å². The Morgan fingerprint density at radius 1 is 1.36 bits per heavy atom. The second-order valence-electron chi connectivity index (χ2n) is 3.70. The molecule has 0 saturated carbocycles. The zero-order valence-electron chi connectivity index (χ0n) is 7.86. The van der Waals surface area contributed by atoms with Crippen molar-refractivity contribution in [1.82, 2.24) is 9.97 Å². The zero-order chi connectivity index (χ0) is 9.38. The van der Waals surface area contributed by atoms with E-state index in [2.05, 4.69) is 16.0 Å². The average molecular weight is 188 g/mol. The summed E-state index contributed by atoms with van der Waals surface area (Å²) in [7, 11) is 0. The fourth-order valence-corrected chi connectivity index (χ4v) is 1.92. The molecule has 0 aliphatic carbocycles. The van der Waals surface area contributed by atoms with Gasteiger partial charge in [0.05, 0.1) is 17.6 Å². The van der Waals surface area contributed by atoms with Crippen LogP contribution in [0.3, 0.4) is 0 Å². The maximum absolute atomic E-state index is 5.35. The number of imidazole rings is 1. The van der Waals surface area contributed by atoms with Gasteiger partial charge in [-0.15, -0.1) is 0 Å². The van der Waals surface area contributed by atoms with Gasteiger partial charge in [-0.05, 0) is 18.6 Å². The highest BCUT2D eigenvalue weighted by atomic mass is 16.5. The SMILES string of the molecule is c1ccc2[nH]c(C3CCOC3)nc2c1. The molecule has 0 spiro atoms. The van der Waals surface area contributed by atoms with Gasteiger partial charge in [0.15, 0.2) is 0 Å². The van der Waals surface area contributed by atoms with Gasteiger partial charge in [-0.1, -0.05) is 12.1 Å². The number of nitrogens with one attached hydrogen (secondary N) is 1. The maximum atomic E-state index is 5.35. The summed E-state index contributed by atoms with van der Waals surface area (Å²) in [5.41, 5.74) is 2.17. The number of hydrogen-bond donors (Lipinski definition) is 1. The Morgan fingerprint density at radius 3 is 3.07 bits per heavy atom. The highest BCUT2D eigenvalue weighted by molar-refractivity contribution is 5.74. The van der Waals surface area contributed by atoms with Crippen LogP contribution in [-0.4, -0.2) is 23.2 Å². The zero-order valence-corrected chi connectivity index (χ0v) is 7.86. The Kier molecular flexibility index (Phi) is 1.77. The fourth-order valence-electron chi connectivity index (χ4n) is 1.92. The molecule has 3 heteroatoms. The number of hydrogen-bond acceptors (Lipinski definition) is 2. The number of para-hydroxylation sites is 2. The molecule has 1 atom stereocenters. The average Bonchev–Trinajstić information content (AvgIpc) is 2.86. The standard InChI is InChI=1S/C11H12N2O/c1-2-4-10-9(3-1)12-11(13-10)8-5-6-14-7-8/h1-4,8H,5-7H2,(H,12,13). The maximum Gasteiger partial charge on any atom is 0.112 e. The van der Waals surface area contributed by atoms with E-state index < -0.39 is 0 Å². The van der Waals surface area contributed by atoms with Crippen LogP contribution >= 0.6 is 0 Å². The minimum atomic E-state index is 0.461. The summed E-state index contributed by atoms with van der Waals surface area (Å²) in [4.78, 5) is 7.91. The summed E-state index contributed by atoms with van der Waals surface area (Å²) >= 11 is 0. The lowest BCUT2D eigenvalue weighted by Crippen LogP contribution is -1.99. The Hall–Kier alpha value is -1.35. The molecule has 1 aliphatic rings. The van der Waals surface area contributed by atoms with E-state index in [-0.39, 0.29) is 0 Å². The summed E-state index contributed by atoms with van der Waals surface area (Å²) < 4.78 is 5.35. The lowest BCUT2D eigenvalue weighted by Gasteiger charge is -2.00. The number of rotatable bonds is 1. The van der Waals surface area contributed by atoms with Crippen molar-refractivity contribution in [1.29, 1.82) is 0 Å². The van der Waals surface area contributed by atoms with Gasteiger partial charge in [-0.3, -0.25) is 0 Å². The Bertz CT molecular complexity index is 410. The molecule has 3 nitrogen and oxygen atoms in total. The molecule has 1 fully saturated rings. The molecule has 1 aliphatic heterocycles. The van der Waals surface area contributed by atoms with E-state index >= 15 is 0 Å². The van der Waals surface area contributed by atoms with Gasteiger partial charge < -0.3 is 9.72 Å². The monoisotopic (exact) mass is 188 g/mol. The summed E-state index contributed by atoms with van der Waals surface area (Å²) in [6.45, 7) is 1.67. The van der Waals surface area contributed by atoms with Crippen LogP contribution in [0.5, 0.6) is 0 Å². The minimum Gasteiger partial charge on any atom is -0.381 e. The van der Waals surface area contributed by atoms with Crippen molar-refractivity contribution in [3.8, 4) is 0 Å². The molecule has 0 amide bonds. The van der Waals surface area contributed by atoms with Crippen LogP contribution in [0.1, 0.15) is 18.2 Å². The predicted octanol–water partition coefficient (Wildman–Crippen LogP) is 2.07. The van der Waals surface area contributed by atoms with Crippen molar-refractivity contribution in [2.24, 2.45) is 0 Å². The molecule has 0 radical (unpaired) electrons. The summed E-state index contributed by atoms with van der Waals surface area (Å²) in [5.74, 6) is 1.53. The van der Waals surface area contributed by atoms with E-state index in [4.69, 9.17) is 4.74 Å². The topological polar surface area (TPSA) is 37.9 Å². The van der Waals surface area contributed by atoms with E-state index in [0.717, 1.165) is 36.5 Å². The van der Waals surface area contributed by atoms with Crippen molar-refractivity contribution in [3.05, 3.63) is 30.1 Å². The second-order valence-corrected chi connectivity index (χ2v) is 3.70. The fraction of sp³-hybridized carbons (Fsp3) is 0.364. The van der Waals surface area contributed by atoms with Gasteiger partial charge in [-0.2, -0.15) is 0 Å². The second kappa shape index (κ2) is 3.10. The number of benzene rings is 1. The quantitative estimate of drug-likeness (QED) is 0.743. The van der Waals surface area contributed by atoms with Gasteiger partial charge in [0.2, 0.25) is 0 Å². The molecule has 1 saturated heterocycles. The van der Waals surface area contributed by atoms with Crippen LogP contribution in [0.25, 0.3) is 11.0 Å². The van der Waals surface area contributed by atoms with Crippen molar-refractivity contribution in [3.63, 3.8) is 0 Å². The number of aromatic amines is 1. The lowest BCUT2D eigenvalue weighted by atomic mass is 10.1. The first kappa shape index (κ1) is 8.00. The van der Waals surface area contributed by atoms with Crippen LogP contribution in [0.2, 0.25) is 0 Å². The predicted molar refractivity (Wildman–Crippen MR) is 54.3 cm³/mol. The van der Waals surface area contributed by atoms with E-state index in [1.807, 2.05) is 18.2 Å². The van der Waals surface area contributed by atoms with Crippen LogP contribution in [0.4, 0.5) is 0 Å². The normalized spacial score (nSPS) is 21.9. The largest absolute Gasteiger partial charge is 0.381 e. The van der Waals surface area contributed by atoms with E-state index in [0.29, 0.717) is 5.92 Å². The van der Waals surface area contributed by atoms with Gasteiger partial charge >= 0.3 is 0 Å². The molecule has 72 valence electrons. The Labute approximate surface area is 82.1 Å². The lowest BCUT2D eigenvalue weighted by molar-refractivity contribution is 0.193. The van der Waals surface area contributed by atoms with Crippen molar-refractivity contribution in [2.75, 3.05) is 13.2 Å². The number of fused-ring (bicyclic) bond motifs is 1. The van der Waals surface area contributed by atoms with Crippen molar-refractivity contribution >= 4 is 11.0 Å². The Balaban J connectivity index is 2.05. The number of aromatic nitrogens is 2. The first-order valence-corrected chi connectivity index (χ1v) is 4.96. The molecule has 14 heavy (non-hydrogen) atoms. The molecular formula is C11H12N2O. The minimum absolute atomic E-state index is 0.461. The number of H-pyrrole nitrogens is 1. The van der Waals surface area contributed by atoms with Gasteiger partial charge in [0, 0.05) is 12.5 Å².